The topological polar surface area (TPSA) is 105 Å². The molecule has 1 heterocycles. The van der Waals surface area contributed by atoms with Gasteiger partial charge >= 0.3 is 5.97 Å². The maximum Gasteiger partial charge on any atom is 0.327 e. The molecule has 0 aromatic carbocycles. The molecule has 1 rings (SSSR count). The molecule has 0 aliphatic heterocycles. The van der Waals surface area contributed by atoms with Crippen LogP contribution in [0.4, 0.5) is 5.69 Å². The van der Waals surface area contributed by atoms with E-state index in [1.54, 1.807) is 19.9 Å². The molecule has 0 aliphatic rings. The summed E-state index contributed by atoms with van der Waals surface area (Å²) in [4.78, 5) is 26.6. The van der Waals surface area contributed by atoms with Gasteiger partial charge in [-0.3, -0.25) is 9.78 Å². The number of aliphatic carboxylic acids is 1. The summed E-state index contributed by atoms with van der Waals surface area (Å²) in [5.41, 5.74) is 6.89. The molecule has 0 bridgehead atoms. The number of amides is 1. The first-order valence-corrected chi connectivity index (χ1v) is 5.57. The fourth-order valence-electron chi connectivity index (χ4n) is 1.76. The minimum Gasteiger partial charge on any atom is -0.480 e. The van der Waals surface area contributed by atoms with Crippen LogP contribution in [0.1, 0.15) is 28.2 Å². The van der Waals surface area contributed by atoms with Crippen LogP contribution in [-0.4, -0.2) is 28.0 Å². The number of nitrogens with one attached hydrogen (secondary N) is 1. The molecule has 1 aromatic rings. The predicted molar refractivity (Wildman–Crippen MR) is 70.7 cm³/mol. The number of pyridine rings is 1. The first-order chi connectivity index (χ1) is 8.86. The maximum atomic E-state index is 11.4. The molecule has 100 valence electrons. The third kappa shape index (κ3) is 3.45. The van der Waals surface area contributed by atoms with E-state index in [1.807, 2.05) is 0 Å². The summed E-state index contributed by atoms with van der Waals surface area (Å²) in [6.07, 6.45) is 5.12. The predicted octanol–water partition coefficient (Wildman–Crippen LogP) is 0.686. The van der Waals surface area contributed by atoms with Crippen LogP contribution in [0.15, 0.2) is 6.07 Å². The number of terminal acetylenes is 1. The average Bonchev–Trinajstić information content (AvgIpc) is 2.26. The average molecular weight is 261 g/mol. The Morgan fingerprint density at radius 3 is 2.68 bits per heavy atom. The summed E-state index contributed by atoms with van der Waals surface area (Å²) in [7, 11) is 0. The van der Waals surface area contributed by atoms with Crippen LogP contribution in [0.2, 0.25) is 0 Å². The first-order valence-electron chi connectivity index (χ1n) is 5.57. The Morgan fingerprint density at radius 1 is 1.58 bits per heavy atom. The molecule has 1 atom stereocenters. The van der Waals surface area contributed by atoms with E-state index in [4.69, 9.17) is 17.3 Å². The summed E-state index contributed by atoms with van der Waals surface area (Å²) in [5, 5.41) is 11.8. The van der Waals surface area contributed by atoms with Gasteiger partial charge in [-0.1, -0.05) is 0 Å². The number of carboxylic acids is 1. The molecule has 0 saturated carbocycles. The van der Waals surface area contributed by atoms with E-state index in [1.165, 1.54) is 0 Å². The van der Waals surface area contributed by atoms with E-state index < -0.39 is 17.9 Å². The number of aromatic nitrogens is 1. The van der Waals surface area contributed by atoms with Crippen molar-refractivity contribution in [2.45, 2.75) is 26.3 Å². The van der Waals surface area contributed by atoms with Crippen molar-refractivity contribution in [1.29, 1.82) is 0 Å². The number of carboxylic acid groups (broad SMARTS) is 1. The van der Waals surface area contributed by atoms with Gasteiger partial charge in [-0.15, -0.1) is 12.3 Å². The molecule has 6 heteroatoms. The minimum absolute atomic E-state index is 0.00600. The Morgan fingerprint density at radius 2 is 2.21 bits per heavy atom. The van der Waals surface area contributed by atoms with Gasteiger partial charge < -0.3 is 16.2 Å². The molecule has 0 fully saturated rings. The van der Waals surface area contributed by atoms with Gasteiger partial charge in [0.2, 0.25) is 0 Å². The van der Waals surface area contributed by atoms with Gasteiger partial charge in [-0.05, 0) is 19.9 Å². The van der Waals surface area contributed by atoms with E-state index in [0.29, 0.717) is 17.1 Å². The second kappa shape index (κ2) is 5.87. The number of carbonyl (C=O) groups is 2. The lowest BCUT2D eigenvalue weighted by Crippen LogP contribution is -2.30. The molecule has 1 unspecified atom stereocenters. The van der Waals surface area contributed by atoms with E-state index in [9.17, 15) is 9.59 Å². The fraction of sp³-hybridized carbons (Fsp3) is 0.308. The van der Waals surface area contributed by atoms with Gasteiger partial charge in [-0.2, -0.15) is 0 Å². The molecule has 4 N–H and O–H groups in total. The number of hydrogen-bond donors (Lipinski definition) is 3. The Labute approximate surface area is 111 Å². The zero-order valence-electron chi connectivity index (χ0n) is 10.7. The Hall–Kier alpha value is -2.55. The highest BCUT2D eigenvalue weighted by Crippen LogP contribution is 2.20. The molecule has 0 saturated heterocycles. The Balaban J connectivity index is 3.22. The number of primary amides is 1. The maximum absolute atomic E-state index is 11.4. The third-order valence-electron chi connectivity index (χ3n) is 2.52. The molecule has 1 aromatic heterocycles. The van der Waals surface area contributed by atoms with Gasteiger partial charge in [0.1, 0.15) is 6.04 Å². The number of nitrogens with two attached hydrogens (primary N) is 1. The number of hydrogen-bond acceptors (Lipinski definition) is 4. The molecule has 0 radical (unpaired) electrons. The van der Waals surface area contributed by atoms with E-state index in [-0.39, 0.29) is 12.0 Å². The first kappa shape index (κ1) is 14.5. The van der Waals surface area contributed by atoms with Gasteiger partial charge in [0.15, 0.2) is 0 Å². The van der Waals surface area contributed by atoms with Crippen LogP contribution in [0.25, 0.3) is 0 Å². The lowest BCUT2D eigenvalue weighted by Gasteiger charge is -2.17. The normalized spacial score (nSPS) is 11.4. The molecule has 19 heavy (non-hydrogen) atoms. The number of nitrogens with zero attached hydrogens (tertiary/aromatic N) is 1. The van der Waals surface area contributed by atoms with E-state index in [2.05, 4.69) is 16.2 Å². The molecular formula is C13H15N3O3. The van der Waals surface area contributed by atoms with Crippen molar-refractivity contribution >= 4 is 17.6 Å². The monoisotopic (exact) mass is 261 g/mol. The smallest absolute Gasteiger partial charge is 0.327 e. The van der Waals surface area contributed by atoms with Gasteiger partial charge in [0.25, 0.3) is 5.91 Å². The van der Waals surface area contributed by atoms with E-state index >= 15 is 0 Å². The fourth-order valence-corrected chi connectivity index (χ4v) is 1.76. The van der Waals surface area contributed by atoms with Crippen LogP contribution in [-0.2, 0) is 4.79 Å². The second-order valence-electron chi connectivity index (χ2n) is 4.08. The highest BCUT2D eigenvalue weighted by molar-refractivity contribution is 6.00. The summed E-state index contributed by atoms with van der Waals surface area (Å²) in [6, 6.07) is 0.587. The van der Waals surface area contributed by atoms with Crippen molar-refractivity contribution in [2.75, 3.05) is 5.32 Å². The lowest BCUT2D eigenvalue weighted by molar-refractivity contribution is -0.137. The molecule has 1 amide bonds. The van der Waals surface area contributed by atoms with Gasteiger partial charge in [0, 0.05) is 12.1 Å². The minimum atomic E-state index is -1.10. The summed E-state index contributed by atoms with van der Waals surface area (Å²) in [6.45, 7) is 3.37. The highest BCUT2D eigenvalue weighted by atomic mass is 16.4. The quantitative estimate of drug-likeness (QED) is 0.676. The summed E-state index contributed by atoms with van der Waals surface area (Å²) in [5.74, 6) is 0.506. The lowest BCUT2D eigenvalue weighted by atomic mass is 10.1. The zero-order valence-corrected chi connectivity index (χ0v) is 10.7. The van der Waals surface area contributed by atoms with Gasteiger partial charge in [0.05, 0.1) is 16.9 Å². The van der Waals surface area contributed by atoms with Gasteiger partial charge in [-0.25, -0.2) is 4.79 Å². The molecule has 6 nitrogen and oxygen atoms in total. The van der Waals surface area contributed by atoms with Crippen molar-refractivity contribution in [3.05, 3.63) is 23.0 Å². The van der Waals surface area contributed by atoms with Crippen molar-refractivity contribution in [2.24, 2.45) is 5.73 Å². The largest absolute Gasteiger partial charge is 0.480 e. The SMILES string of the molecule is C#CCC(Nc1cc(C)nc(C)c1C(N)=O)C(=O)O. The van der Waals surface area contributed by atoms with Crippen molar-refractivity contribution < 1.29 is 14.7 Å². The van der Waals surface area contributed by atoms with Crippen molar-refractivity contribution in [1.82, 2.24) is 4.98 Å². The van der Waals surface area contributed by atoms with Crippen LogP contribution in [0.5, 0.6) is 0 Å². The van der Waals surface area contributed by atoms with Crippen LogP contribution in [0.3, 0.4) is 0 Å². The van der Waals surface area contributed by atoms with Crippen molar-refractivity contribution in [3.63, 3.8) is 0 Å². The second-order valence-corrected chi connectivity index (χ2v) is 4.08. The Bertz CT molecular complexity index is 561. The van der Waals surface area contributed by atoms with E-state index in [0.717, 1.165) is 0 Å². The standard InChI is InChI=1S/C13H15N3O3/c1-4-5-9(13(18)19)16-10-6-7(2)15-8(3)11(10)12(14)17/h1,6,9H,5H2,2-3H3,(H2,14,17)(H,15,16)(H,18,19). The number of carbonyl (C=O) groups excluding carboxylic acids is 1. The van der Waals surface area contributed by atoms with Crippen molar-refractivity contribution in [3.8, 4) is 12.3 Å². The number of rotatable bonds is 5. The number of anilines is 1. The van der Waals surface area contributed by atoms with Crippen LogP contribution >= 0.6 is 0 Å². The summed E-state index contributed by atoms with van der Waals surface area (Å²) < 4.78 is 0. The third-order valence-corrected chi connectivity index (χ3v) is 2.52. The molecule has 0 aliphatic carbocycles. The van der Waals surface area contributed by atoms with Crippen LogP contribution in [0, 0.1) is 26.2 Å². The highest BCUT2D eigenvalue weighted by Gasteiger charge is 2.20. The van der Waals surface area contributed by atoms with Crippen LogP contribution < -0.4 is 11.1 Å². The summed E-state index contributed by atoms with van der Waals surface area (Å²) >= 11 is 0. The Kier molecular flexibility index (Phi) is 4.48. The molecular weight excluding hydrogens is 246 g/mol. The number of aryl methyl sites for hydroxylation is 2. The molecule has 0 spiro atoms. The zero-order chi connectivity index (χ0) is 14.6.